The summed E-state index contributed by atoms with van der Waals surface area (Å²) in [7, 11) is -4.65. The SMILES string of the molecule is CCN(CC)C(=O)CCc1ccc(S(=O)(=O)F)cc1. The summed E-state index contributed by atoms with van der Waals surface area (Å²) in [6.45, 7) is 5.19. The molecule has 0 radical (unpaired) electrons. The van der Waals surface area contributed by atoms with Crippen molar-refractivity contribution in [3.05, 3.63) is 29.8 Å². The molecule has 0 aromatic heterocycles. The van der Waals surface area contributed by atoms with Crippen molar-refractivity contribution in [1.29, 1.82) is 0 Å². The molecule has 0 atom stereocenters. The average Bonchev–Trinajstić information content (AvgIpc) is 2.37. The monoisotopic (exact) mass is 287 g/mol. The third-order valence-corrected chi connectivity index (χ3v) is 3.78. The molecule has 0 saturated heterocycles. The molecule has 0 bridgehead atoms. The topological polar surface area (TPSA) is 54.5 Å². The third kappa shape index (κ3) is 4.63. The summed E-state index contributed by atoms with van der Waals surface area (Å²) >= 11 is 0. The summed E-state index contributed by atoms with van der Waals surface area (Å²) in [6, 6.07) is 5.49. The van der Waals surface area contributed by atoms with Gasteiger partial charge in [0.05, 0.1) is 4.90 Å². The van der Waals surface area contributed by atoms with Gasteiger partial charge in [-0.3, -0.25) is 4.79 Å². The largest absolute Gasteiger partial charge is 0.343 e. The van der Waals surface area contributed by atoms with Gasteiger partial charge in [-0.1, -0.05) is 12.1 Å². The second-order valence-electron chi connectivity index (χ2n) is 4.15. The molecule has 0 aliphatic rings. The lowest BCUT2D eigenvalue weighted by Gasteiger charge is -2.18. The highest BCUT2D eigenvalue weighted by Crippen LogP contribution is 2.14. The van der Waals surface area contributed by atoms with Gasteiger partial charge in [-0.2, -0.15) is 8.42 Å². The first kappa shape index (κ1) is 15.6. The molecule has 0 aliphatic heterocycles. The van der Waals surface area contributed by atoms with Crippen LogP contribution in [0.4, 0.5) is 3.89 Å². The summed E-state index contributed by atoms with van der Waals surface area (Å²) < 4.78 is 34.0. The molecule has 1 aromatic carbocycles. The van der Waals surface area contributed by atoms with Gasteiger partial charge in [-0.15, -0.1) is 3.89 Å². The first-order chi connectivity index (χ1) is 8.88. The Balaban J connectivity index is 2.62. The number of halogens is 1. The zero-order valence-corrected chi connectivity index (χ0v) is 11.9. The fourth-order valence-electron chi connectivity index (χ4n) is 1.80. The Hall–Kier alpha value is -1.43. The molecule has 19 heavy (non-hydrogen) atoms. The molecule has 0 heterocycles. The van der Waals surface area contributed by atoms with Crippen LogP contribution in [-0.2, 0) is 21.4 Å². The Morgan fingerprint density at radius 2 is 1.68 bits per heavy atom. The lowest BCUT2D eigenvalue weighted by Crippen LogP contribution is -2.30. The third-order valence-electron chi connectivity index (χ3n) is 2.95. The van der Waals surface area contributed by atoms with Crippen LogP contribution < -0.4 is 0 Å². The van der Waals surface area contributed by atoms with Gasteiger partial charge >= 0.3 is 10.2 Å². The normalized spacial score (nSPS) is 11.3. The highest BCUT2D eigenvalue weighted by molar-refractivity contribution is 7.86. The minimum absolute atomic E-state index is 0.0622. The van der Waals surface area contributed by atoms with Crippen molar-refractivity contribution in [2.75, 3.05) is 13.1 Å². The predicted octanol–water partition coefficient (Wildman–Crippen LogP) is 2.15. The van der Waals surface area contributed by atoms with Crippen LogP contribution >= 0.6 is 0 Å². The molecule has 0 N–H and O–H groups in total. The maximum absolute atomic E-state index is 12.7. The summed E-state index contributed by atoms with van der Waals surface area (Å²) in [6.07, 6.45) is 0.880. The molecule has 1 rings (SSSR count). The molecule has 0 saturated carbocycles. The van der Waals surface area contributed by atoms with Gasteiger partial charge in [0.1, 0.15) is 0 Å². The van der Waals surface area contributed by atoms with Gasteiger partial charge < -0.3 is 4.90 Å². The molecule has 0 unspecified atom stereocenters. The number of hydrogen-bond acceptors (Lipinski definition) is 3. The summed E-state index contributed by atoms with van der Waals surface area (Å²) in [4.78, 5) is 13.2. The van der Waals surface area contributed by atoms with Crippen molar-refractivity contribution in [1.82, 2.24) is 4.90 Å². The van der Waals surface area contributed by atoms with E-state index in [0.717, 1.165) is 5.56 Å². The van der Waals surface area contributed by atoms with Crippen LogP contribution in [0.2, 0.25) is 0 Å². The van der Waals surface area contributed by atoms with E-state index in [-0.39, 0.29) is 10.8 Å². The van der Waals surface area contributed by atoms with Crippen molar-refractivity contribution in [3.8, 4) is 0 Å². The van der Waals surface area contributed by atoms with E-state index in [2.05, 4.69) is 0 Å². The second kappa shape index (κ2) is 6.65. The Morgan fingerprint density at radius 3 is 2.11 bits per heavy atom. The number of aryl methyl sites for hydroxylation is 1. The van der Waals surface area contributed by atoms with Crippen molar-refractivity contribution in [2.24, 2.45) is 0 Å². The highest BCUT2D eigenvalue weighted by Gasteiger charge is 2.12. The van der Waals surface area contributed by atoms with Gasteiger partial charge in [0.2, 0.25) is 5.91 Å². The first-order valence-electron chi connectivity index (χ1n) is 6.19. The number of carbonyl (C=O) groups is 1. The number of carbonyl (C=O) groups excluding carboxylic acids is 1. The molecule has 1 amide bonds. The van der Waals surface area contributed by atoms with E-state index < -0.39 is 10.2 Å². The lowest BCUT2D eigenvalue weighted by atomic mass is 10.1. The number of amides is 1. The van der Waals surface area contributed by atoms with Crippen LogP contribution in [0, 0.1) is 0 Å². The average molecular weight is 287 g/mol. The van der Waals surface area contributed by atoms with Crippen LogP contribution in [0.1, 0.15) is 25.8 Å². The fraction of sp³-hybridized carbons (Fsp3) is 0.462. The van der Waals surface area contributed by atoms with Gasteiger partial charge in [-0.05, 0) is 38.0 Å². The van der Waals surface area contributed by atoms with E-state index in [1.807, 2.05) is 13.8 Å². The van der Waals surface area contributed by atoms with Crippen molar-refractivity contribution < 1.29 is 17.1 Å². The summed E-state index contributed by atoms with van der Waals surface area (Å²) in [5.74, 6) is 0.0622. The fourth-order valence-corrected chi connectivity index (χ4v) is 2.27. The molecule has 1 aromatic rings. The van der Waals surface area contributed by atoms with Crippen LogP contribution in [0.15, 0.2) is 29.2 Å². The maximum atomic E-state index is 12.7. The summed E-state index contributed by atoms with van der Waals surface area (Å²) in [5.41, 5.74) is 0.813. The number of nitrogens with zero attached hydrogens (tertiary/aromatic N) is 1. The van der Waals surface area contributed by atoms with E-state index in [0.29, 0.717) is 25.9 Å². The van der Waals surface area contributed by atoms with Crippen LogP contribution in [0.3, 0.4) is 0 Å². The van der Waals surface area contributed by atoms with Gasteiger partial charge in [0, 0.05) is 19.5 Å². The van der Waals surface area contributed by atoms with Crippen LogP contribution in [0.25, 0.3) is 0 Å². The molecular formula is C13H18FNO3S. The van der Waals surface area contributed by atoms with Crippen molar-refractivity contribution in [3.63, 3.8) is 0 Å². The Bertz CT molecular complexity index is 521. The van der Waals surface area contributed by atoms with Gasteiger partial charge in [0.25, 0.3) is 0 Å². The zero-order chi connectivity index (χ0) is 14.5. The van der Waals surface area contributed by atoms with E-state index in [1.54, 1.807) is 4.90 Å². The quantitative estimate of drug-likeness (QED) is 0.753. The molecule has 106 valence electrons. The van der Waals surface area contributed by atoms with Crippen LogP contribution in [-0.4, -0.2) is 32.3 Å². The van der Waals surface area contributed by atoms with Crippen molar-refractivity contribution in [2.45, 2.75) is 31.6 Å². The maximum Gasteiger partial charge on any atom is 0.332 e. The molecule has 6 heteroatoms. The van der Waals surface area contributed by atoms with E-state index >= 15 is 0 Å². The Labute approximate surface area is 113 Å². The molecule has 4 nitrogen and oxygen atoms in total. The smallest absolute Gasteiger partial charge is 0.332 e. The van der Waals surface area contributed by atoms with Gasteiger partial charge in [-0.25, -0.2) is 0 Å². The molecule has 0 fully saturated rings. The number of benzene rings is 1. The van der Waals surface area contributed by atoms with Crippen LogP contribution in [0.5, 0.6) is 0 Å². The van der Waals surface area contributed by atoms with E-state index in [4.69, 9.17) is 0 Å². The van der Waals surface area contributed by atoms with Gasteiger partial charge in [0.15, 0.2) is 0 Å². The molecule has 0 aliphatic carbocycles. The second-order valence-corrected chi connectivity index (χ2v) is 5.49. The summed E-state index contributed by atoms with van der Waals surface area (Å²) in [5, 5.41) is 0. The predicted molar refractivity (Wildman–Crippen MR) is 71.0 cm³/mol. The standard InChI is InChI=1S/C13H18FNO3S/c1-3-15(4-2)13(16)10-7-11-5-8-12(9-6-11)19(14,17)18/h5-6,8-9H,3-4,7,10H2,1-2H3. The Kier molecular flexibility index (Phi) is 5.47. The van der Waals surface area contributed by atoms with E-state index in [9.17, 15) is 17.1 Å². The lowest BCUT2D eigenvalue weighted by molar-refractivity contribution is -0.130. The number of hydrogen-bond donors (Lipinski definition) is 0. The van der Waals surface area contributed by atoms with E-state index in [1.165, 1.54) is 24.3 Å². The minimum Gasteiger partial charge on any atom is -0.343 e. The molecule has 0 spiro atoms. The first-order valence-corrected chi connectivity index (χ1v) is 7.58. The Morgan fingerprint density at radius 1 is 1.16 bits per heavy atom. The zero-order valence-electron chi connectivity index (χ0n) is 11.1. The number of rotatable bonds is 6. The van der Waals surface area contributed by atoms with Crippen molar-refractivity contribution >= 4 is 16.1 Å². The molecular weight excluding hydrogens is 269 g/mol. The minimum atomic E-state index is -4.65. The highest BCUT2D eigenvalue weighted by atomic mass is 32.3.